The molecule has 0 aliphatic carbocycles. The fraction of sp³-hybridized carbons (Fsp3) is 0.455. The average molecular weight is 393 g/mol. The Labute approximate surface area is 171 Å². The lowest BCUT2D eigenvalue weighted by Crippen LogP contribution is -2.49. The van der Waals surface area contributed by atoms with Gasteiger partial charge in [-0.1, -0.05) is 27.7 Å². The molecule has 7 nitrogen and oxygen atoms in total. The topological polar surface area (TPSA) is 78.0 Å². The number of rotatable bonds is 4. The van der Waals surface area contributed by atoms with Crippen molar-refractivity contribution in [1.82, 2.24) is 24.8 Å². The van der Waals surface area contributed by atoms with Crippen molar-refractivity contribution in [3.8, 4) is 0 Å². The van der Waals surface area contributed by atoms with Gasteiger partial charge in [0.15, 0.2) is 0 Å². The molecule has 0 atom stereocenters. The highest BCUT2D eigenvalue weighted by Gasteiger charge is 2.24. The Morgan fingerprint density at radius 2 is 1.76 bits per heavy atom. The molecule has 152 valence electrons. The lowest BCUT2D eigenvalue weighted by atomic mass is 10.1. The third-order valence-electron chi connectivity index (χ3n) is 5.42. The molecule has 1 aliphatic heterocycles. The van der Waals surface area contributed by atoms with Crippen LogP contribution in [0.4, 0.5) is 5.82 Å². The van der Waals surface area contributed by atoms with Gasteiger partial charge in [0.1, 0.15) is 11.6 Å². The summed E-state index contributed by atoms with van der Waals surface area (Å²) < 4.78 is 0. The number of carbonyl (C=O) groups is 1. The van der Waals surface area contributed by atoms with Crippen molar-refractivity contribution in [2.45, 2.75) is 39.5 Å². The fourth-order valence-electron chi connectivity index (χ4n) is 3.58. The molecule has 0 radical (unpaired) electrons. The SMILES string of the molecule is CC(C)c1cc(N2CCN(C(=O)c3ccc4nc[nH]c4c3)CC2)nc(C(C)C)n1. The maximum absolute atomic E-state index is 12.9. The van der Waals surface area contributed by atoms with Crippen molar-refractivity contribution in [1.29, 1.82) is 0 Å². The van der Waals surface area contributed by atoms with Crippen molar-refractivity contribution in [3.63, 3.8) is 0 Å². The first kappa shape index (κ1) is 19.4. The van der Waals surface area contributed by atoms with Gasteiger partial charge < -0.3 is 14.8 Å². The second kappa shape index (κ2) is 7.81. The van der Waals surface area contributed by atoms with Crippen LogP contribution >= 0.6 is 0 Å². The number of aromatic amines is 1. The average Bonchev–Trinajstić information content (AvgIpc) is 3.20. The van der Waals surface area contributed by atoms with E-state index in [9.17, 15) is 4.79 Å². The number of nitrogens with one attached hydrogen (secondary N) is 1. The highest BCUT2D eigenvalue weighted by atomic mass is 16.2. The number of carbonyl (C=O) groups excluding carboxylic acids is 1. The Balaban J connectivity index is 1.48. The van der Waals surface area contributed by atoms with Gasteiger partial charge >= 0.3 is 0 Å². The van der Waals surface area contributed by atoms with E-state index in [4.69, 9.17) is 9.97 Å². The van der Waals surface area contributed by atoms with Crippen LogP contribution in [0.5, 0.6) is 0 Å². The predicted octanol–water partition coefficient (Wildman–Crippen LogP) is 3.56. The number of amides is 1. The molecule has 0 bridgehead atoms. The van der Waals surface area contributed by atoms with E-state index in [1.165, 1.54) is 0 Å². The molecule has 3 heterocycles. The first-order valence-electron chi connectivity index (χ1n) is 10.3. The predicted molar refractivity (Wildman–Crippen MR) is 114 cm³/mol. The molecule has 0 spiro atoms. The zero-order chi connectivity index (χ0) is 20.5. The molecule has 29 heavy (non-hydrogen) atoms. The van der Waals surface area contributed by atoms with Crippen LogP contribution in [0.3, 0.4) is 0 Å². The molecule has 1 fully saturated rings. The largest absolute Gasteiger partial charge is 0.353 e. The van der Waals surface area contributed by atoms with Gasteiger partial charge in [-0.05, 0) is 24.1 Å². The lowest BCUT2D eigenvalue weighted by molar-refractivity contribution is 0.0746. The summed E-state index contributed by atoms with van der Waals surface area (Å²) in [6.45, 7) is 11.4. The van der Waals surface area contributed by atoms with Crippen molar-refractivity contribution >= 4 is 22.8 Å². The summed E-state index contributed by atoms with van der Waals surface area (Å²) >= 11 is 0. The monoisotopic (exact) mass is 392 g/mol. The van der Waals surface area contributed by atoms with Crippen molar-refractivity contribution in [2.24, 2.45) is 0 Å². The molecule has 1 amide bonds. The number of nitrogens with zero attached hydrogens (tertiary/aromatic N) is 5. The molecular formula is C22H28N6O. The second-order valence-corrected chi connectivity index (χ2v) is 8.23. The van der Waals surface area contributed by atoms with Crippen molar-refractivity contribution < 1.29 is 4.79 Å². The summed E-state index contributed by atoms with van der Waals surface area (Å²) in [6.07, 6.45) is 1.65. The third-order valence-corrected chi connectivity index (χ3v) is 5.42. The van der Waals surface area contributed by atoms with Gasteiger partial charge in [0, 0.05) is 49.4 Å². The molecule has 3 aromatic rings. The Kier molecular flexibility index (Phi) is 5.22. The van der Waals surface area contributed by atoms with Gasteiger partial charge in [-0.25, -0.2) is 15.0 Å². The van der Waals surface area contributed by atoms with Crippen LogP contribution in [0.25, 0.3) is 11.0 Å². The van der Waals surface area contributed by atoms with Crippen LogP contribution in [0.15, 0.2) is 30.6 Å². The minimum atomic E-state index is 0.0644. The molecule has 0 saturated carbocycles. The number of hydrogen-bond donors (Lipinski definition) is 1. The Morgan fingerprint density at radius 1 is 1.00 bits per heavy atom. The van der Waals surface area contributed by atoms with E-state index in [-0.39, 0.29) is 11.8 Å². The molecule has 1 aromatic carbocycles. The Bertz CT molecular complexity index is 991. The molecule has 1 aliphatic rings. The smallest absolute Gasteiger partial charge is 0.254 e. The summed E-state index contributed by atoms with van der Waals surface area (Å²) in [4.78, 5) is 33.9. The van der Waals surface area contributed by atoms with E-state index in [2.05, 4.69) is 48.6 Å². The maximum atomic E-state index is 12.9. The number of aromatic nitrogens is 4. The molecule has 0 unspecified atom stereocenters. The van der Waals surface area contributed by atoms with Crippen LogP contribution in [0.1, 0.15) is 61.4 Å². The third kappa shape index (κ3) is 3.95. The molecule has 7 heteroatoms. The van der Waals surface area contributed by atoms with Gasteiger partial charge in [0.2, 0.25) is 0 Å². The molecular weight excluding hydrogens is 364 g/mol. The molecule has 4 rings (SSSR count). The van der Waals surface area contributed by atoms with E-state index < -0.39 is 0 Å². The van der Waals surface area contributed by atoms with Gasteiger partial charge in [-0.15, -0.1) is 0 Å². The number of hydrogen-bond acceptors (Lipinski definition) is 5. The van der Waals surface area contributed by atoms with E-state index in [0.717, 1.165) is 41.5 Å². The van der Waals surface area contributed by atoms with Crippen LogP contribution in [0.2, 0.25) is 0 Å². The molecule has 2 aromatic heterocycles. The van der Waals surface area contributed by atoms with Gasteiger partial charge in [0.25, 0.3) is 5.91 Å². The zero-order valence-corrected chi connectivity index (χ0v) is 17.5. The summed E-state index contributed by atoms with van der Waals surface area (Å²) in [7, 11) is 0. The maximum Gasteiger partial charge on any atom is 0.254 e. The summed E-state index contributed by atoms with van der Waals surface area (Å²) in [5.74, 6) is 2.56. The first-order valence-corrected chi connectivity index (χ1v) is 10.3. The minimum absolute atomic E-state index is 0.0644. The van der Waals surface area contributed by atoms with Gasteiger partial charge in [-0.2, -0.15) is 0 Å². The lowest BCUT2D eigenvalue weighted by Gasteiger charge is -2.36. The number of H-pyrrole nitrogens is 1. The van der Waals surface area contributed by atoms with Crippen LogP contribution in [-0.2, 0) is 0 Å². The van der Waals surface area contributed by atoms with E-state index in [1.807, 2.05) is 23.1 Å². The normalized spacial score (nSPS) is 15.0. The quantitative estimate of drug-likeness (QED) is 0.734. The highest BCUT2D eigenvalue weighted by molar-refractivity contribution is 5.97. The number of fused-ring (bicyclic) bond motifs is 1. The van der Waals surface area contributed by atoms with Crippen molar-refractivity contribution in [2.75, 3.05) is 31.1 Å². The van der Waals surface area contributed by atoms with Gasteiger partial charge in [0.05, 0.1) is 17.4 Å². The van der Waals surface area contributed by atoms with Crippen LogP contribution in [-0.4, -0.2) is 56.9 Å². The number of benzene rings is 1. The molecule has 1 N–H and O–H groups in total. The summed E-state index contributed by atoms with van der Waals surface area (Å²) in [5.41, 5.74) is 3.53. The Morgan fingerprint density at radius 3 is 2.45 bits per heavy atom. The first-order chi connectivity index (χ1) is 13.9. The van der Waals surface area contributed by atoms with Gasteiger partial charge in [-0.3, -0.25) is 4.79 Å². The Hall–Kier alpha value is -2.96. The van der Waals surface area contributed by atoms with Crippen molar-refractivity contribution in [3.05, 3.63) is 47.7 Å². The number of imidazole rings is 1. The highest BCUT2D eigenvalue weighted by Crippen LogP contribution is 2.23. The standard InChI is InChI=1S/C22H28N6O/c1-14(2)18-12-20(26-21(25-18)15(3)4)27-7-9-28(10-8-27)22(29)16-5-6-17-19(11-16)24-13-23-17/h5-6,11-15H,7-10H2,1-4H3,(H,23,24). The van der Waals surface area contributed by atoms with E-state index >= 15 is 0 Å². The minimum Gasteiger partial charge on any atom is -0.353 e. The van der Waals surface area contributed by atoms with E-state index in [1.54, 1.807) is 6.33 Å². The van der Waals surface area contributed by atoms with E-state index in [0.29, 0.717) is 24.6 Å². The molecule has 1 saturated heterocycles. The summed E-state index contributed by atoms with van der Waals surface area (Å²) in [6, 6.07) is 7.72. The van der Waals surface area contributed by atoms with Crippen LogP contribution in [0, 0.1) is 0 Å². The second-order valence-electron chi connectivity index (χ2n) is 8.23. The van der Waals surface area contributed by atoms with Crippen LogP contribution < -0.4 is 4.90 Å². The number of piperazine rings is 1. The fourth-order valence-corrected chi connectivity index (χ4v) is 3.58. The zero-order valence-electron chi connectivity index (χ0n) is 17.5. The summed E-state index contributed by atoms with van der Waals surface area (Å²) in [5, 5.41) is 0. The number of anilines is 1.